The standard InChI is InChI=1S/C23H30N4O5/c1-23(2,3)32-22(30)24-10-11-26-18(15-24)19-20(28)25(12-16-8-6-5-7-9-16)13-17(31-4)14-27(19)21(26)29/h5-9,17H,10-15H2,1-4H3. The molecule has 2 aliphatic heterocycles. The molecular formula is C23H30N4O5. The minimum atomic E-state index is -0.625. The number of benzene rings is 1. The van der Waals surface area contributed by atoms with E-state index >= 15 is 0 Å². The van der Waals surface area contributed by atoms with Crippen molar-refractivity contribution >= 4 is 12.0 Å². The zero-order chi connectivity index (χ0) is 23.0. The highest BCUT2D eigenvalue weighted by atomic mass is 16.6. The fourth-order valence-corrected chi connectivity index (χ4v) is 4.23. The van der Waals surface area contributed by atoms with Gasteiger partial charge in [-0.1, -0.05) is 30.3 Å². The average molecular weight is 443 g/mol. The number of rotatable bonds is 3. The van der Waals surface area contributed by atoms with Crippen molar-refractivity contribution in [1.82, 2.24) is 18.9 Å². The molecule has 2 aliphatic rings. The molecule has 0 aliphatic carbocycles. The average Bonchev–Trinajstić information content (AvgIpc) is 2.93. The van der Waals surface area contributed by atoms with Crippen molar-refractivity contribution in [3.05, 3.63) is 57.8 Å². The minimum Gasteiger partial charge on any atom is -0.444 e. The Morgan fingerprint density at radius 3 is 2.44 bits per heavy atom. The molecule has 32 heavy (non-hydrogen) atoms. The maximum Gasteiger partial charge on any atom is 0.410 e. The normalized spacial score (nSPS) is 18.8. The first kappa shape index (κ1) is 22.1. The fraction of sp³-hybridized carbons (Fsp3) is 0.522. The lowest BCUT2D eigenvalue weighted by Gasteiger charge is -2.31. The van der Waals surface area contributed by atoms with E-state index in [4.69, 9.17) is 9.47 Å². The predicted molar refractivity (Wildman–Crippen MR) is 117 cm³/mol. The molecule has 2 aromatic rings. The second kappa shape index (κ2) is 8.46. The van der Waals surface area contributed by atoms with Crippen molar-refractivity contribution in [2.45, 2.75) is 58.7 Å². The van der Waals surface area contributed by atoms with Gasteiger partial charge in [0.2, 0.25) is 0 Å². The minimum absolute atomic E-state index is 0.148. The molecule has 1 aromatic carbocycles. The second-order valence-corrected chi connectivity index (χ2v) is 9.27. The molecule has 172 valence electrons. The Hall–Kier alpha value is -3.07. The highest BCUT2D eigenvalue weighted by molar-refractivity contribution is 5.94. The summed E-state index contributed by atoms with van der Waals surface area (Å²) in [7, 11) is 1.59. The molecule has 4 rings (SSSR count). The molecule has 9 nitrogen and oxygen atoms in total. The van der Waals surface area contributed by atoms with Gasteiger partial charge in [-0.25, -0.2) is 9.59 Å². The van der Waals surface area contributed by atoms with Crippen molar-refractivity contribution in [2.24, 2.45) is 0 Å². The third-order valence-electron chi connectivity index (χ3n) is 5.77. The van der Waals surface area contributed by atoms with Gasteiger partial charge in [-0.2, -0.15) is 0 Å². The molecule has 0 saturated carbocycles. The molecule has 0 saturated heterocycles. The van der Waals surface area contributed by atoms with Gasteiger partial charge in [0.25, 0.3) is 5.91 Å². The van der Waals surface area contributed by atoms with Crippen LogP contribution in [0.3, 0.4) is 0 Å². The topological polar surface area (TPSA) is 86.0 Å². The van der Waals surface area contributed by atoms with Crippen LogP contribution < -0.4 is 5.69 Å². The second-order valence-electron chi connectivity index (χ2n) is 9.27. The summed E-state index contributed by atoms with van der Waals surface area (Å²) in [4.78, 5) is 42.7. The number of methoxy groups -OCH3 is 1. The van der Waals surface area contributed by atoms with Crippen LogP contribution >= 0.6 is 0 Å². The maximum absolute atomic E-state index is 13.7. The molecule has 1 unspecified atom stereocenters. The van der Waals surface area contributed by atoms with Crippen LogP contribution in [0.15, 0.2) is 35.1 Å². The molecule has 9 heteroatoms. The number of carbonyl (C=O) groups is 2. The van der Waals surface area contributed by atoms with Gasteiger partial charge in [-0.05, 0) is 26.3 Å². The van der Waals surface area contributed by atoms with E-state index in [1.165, 1.54) is 4.57 Å². The van der Waals surface area contributed by atoms with E-state index in [1.807, 2.05) is 51.1 Å². The summed E-state index contributed by atoms with van der Waals surface area (Å²) >= 11 is 0. The van der Waals surface area contributed by atoms with Crippen molar-refractivity contribution in [3.8, 4) is 0 Å². The highest BCUT2D eigenvalue weighted by Crippen LogP contribution is 2.24. The van der Waals surface area contributed by atoms with Gasteiger partial charge in [0.1, 0.15) is 11.3 Å². The summed E-state index contributed by atoms with van der Waals surface area (Å²) in [6.07, 6.45) is -0.763. The van der Waals surface area contributed by atoms with Gasteiger partial charge in [0, 0.05) is 33.3 Å². The Morgan fingerprint density at radius 2 is 1.78 bits per heavy atom. The number of amides is 2. The Bertz CT molecular complexity index is 1070. The smallest absolute Gasteiger partial charge is 0.410 e. The van der Waals surface area contributed by atoms with Crippen molar-refractivity contribution in [3.63, 3.8) is 0 Å². The van der Waals surface area contributed by atoms with E-state index in [9.17, 15) is 14.4 Å². The summed E-state index contributed by atoms with van der Waals surface area (Å²) in [5, 5.41) is 0. The first-order valence-corrected chi connectivity index (χ1v) is 10.8. The first-order chi connectivity index (χ1) is 15.2. The van der Waals surface area contributed by atoms with Gasteiger partial charge in [0.05, 0.1) is 24.9 Å². The fourth-order valence-electron chi connectivity index (χ4n) is 4.23. The number of aromatic nitrogens is 2. The molecule has 3 heterocycles. The third kappa shape index (κ3) is 4.29. The number of fused-ring (bicyclic) bond motifs is 3. The van der Waals surface area contributed by atoms with Crippen LogP contribution in [0, 0.1) is 0 Å². The lowest BCUT2D eigenvalue weighted by Crippen LogP contribution is -2.44. The summed E-state index contributed by atoms with van der Waals surface area (Å²) in [6, 6.07) is 9.72. The van der Waals surface area contributed by atoms with E-state index in [0.29, 0.717) is 37.6 Å². The Kier molecular flexibility index (Phi) is 5.85. The van der Waals surface area contributed by atoms with Crippen LogP contribution in [0.2, 0.25) is 0 Å². The molecule has 0 radical (unpaired) electrons. The van der Waals surface area contributed by atoms with Gasteiger partial charge >= 0.3 is 11.8 Å². The van der Waals surface area contributed by atoms with E-state index in [-0.39, 0.29) is 30.8 Å². The first-order valence-electron chi connectivity index (χ1n) is 10.8. The Labute approximate surface area is 187 Å². The van der Waals surface area contributed by atoms with E-state index in [2.05, 4.69) is 0 Å². The number of hydrogen-bond acceptors (Lipinski definition) is 5. The van der Waals surface area contributed by atoms with E-state index in [1.54, 1.807) is 21.5 Å². The lowest BCUT2D eigenvalue weighted by atomic mass is 10.2. The van der Waals surface area contributed by atoms with Crippen LogP contribution in [0.4, 0.5) is 4.79 Å². The van der Waals surface area contributed by atoms with Crippen LogP contribution in [0.5, 0.6) is 0 Å². The highest BCUT2D eigenvalue weighted by Gasteiger charge is 2.37. The van der Waals surface area contributed by atoms with E-state index in [0.717, 1.165) is 5.56 Å². The third-order valence-corrected chi connectivity index (χ3v) is 5.77. The van der Waals surface area contributed by atoms with Crippen LogP contribution in [-0.2, 0) is 35.7 Å². The molecule has 0 spiro atoms. The van der Waals surface area contributed by atoms with Crippen LogP contribution in [0.25, 0.3) is 0 Å². The zero-order valence-corrected chi connectivity index (χ0v) is 19.0. The number of carbonyl (C=O) groups excluding carboxylic acids is 2. The molecule has 0 N–H and O–H groups in total. The Balaban J connectivity index is 1.70. The Morgan fingerprint density at radius 1 is 1.06 bits per heavy atom. The number of imidazole rings is 1. The lowest BCUT2D eigenvalue weighted by molar-refractivity contribution is 0.0195. The molecule has 1 aromatic heterocycles. The van der Waals surface area contributed by atoms with Crippen LogP contribution in [-0.4, -0.2) is 62.8 Å². The summed E-state index contributed by atoms with van der Waals surface area (Å²) < 4.78 is 14.2. The SMILES string of the molecule is COC1CN(Cc2ccccc2)C(=O)c2c3n(c(=O)n2C1)CCN(C(=O)OC(C)(C)C)C3. The van der Waals surface area contributed by atoms with Crippen molar-refractivity contribution in [2.75, 3.05) is 20.2 Å². The molecule has 0 bridgehead atoms. The molecular weight excluding hydrogens is 412 g/mol. The van der Waals surface area contributed by atoms with Gasteiger partial charge in [-0.15, -0.1) is 0 Å². The zero-order valence-electron chi connectivity index (χ0n) is 19.0. The van der Waals surface area contributed by atoms with Crippen LogP contribution in [0.1, 0.15) is 42.5 Å². The largest absolute Gasteiger partial charge is 0.444 e. The maximum atomic E-state index is 13.7. The number of nitrogens with zero attached hydrogens (tertiary/aromatic N) is 4. The predicted octanol–water partition coefficient (Wildman–Crippen LogP) is 2.07. The van der Waals surface area contributed by atoms with Crippen molar-refractivity contribution in [1.29, 1.82) is 0 Å². The monoisotopic (exact) mass is 442 g/mol. The van der Waals surface area contributed by atoms with Gasteiger partial charge in [0.15, 0.2) is 0 Å². The molecule has 1 atom stereocenters. The van der Waals surface area contributed by atoms with Crippen molar-refractivity contribution < 1.29 is 19.1 Å². The summed E-state index contributed by atoms with van der Waals surface area (Å²) in [5.74, 6) is -0.231. The summed E-state index contributed by atoms with van der Waals surface area (Å²) in [5.41, 5.74) is 1.01. The van der Waals surface area contributed by atoms with Gasteiger partial charge in [-0.3, -0.25) is 13.9 Å². The van der Waals surface area contributed by atoms with E-state index < -0.39 is 11.7 Å². The number of hydrogen-bond donors (Lipinski definition) is 0. The quantitative estimate of drug-likeness (QED) is 0.727. The molecule has 0 fully saturated rings. The number of ether oxygens (including phenoxy) is 2. The summed E-state index contributed by atoms with van der Waals surface area (Å²) in [6.45, 7) is 7.32. The van der Waals surface area contributed by atoms with Gasteiger partial charge < -0.3 is 19.3 Å². The molecule has 2 amide bonds.